The number of hydrogen-bond donors (Lipinski definition) is 0. The Bertz CT molecular complexity index is 526. The molecule has 1 aromatic carbocycles. The molecule has 0 unspecified atom stereocenters. The van der Waals surface area contributed by atoms with Gasteiger partial charge in [0.2, 0.25) is 0 Å². The van der Waals surface area contributed by atoms with Crippen molar-refractivity contribution in [3.63, 3.8) is 0 Å². The van der Waals surface area contributed by atoms with Crippen LogP contribution in [0.2, 0.25) is 0 Å². The summed E-state index contributed by atoms with van der Waals surface area (Å²) in [7, 11) is 1.31. The largest absolute Gasteiger partial charge is 0.490 e. The highest BCUT2D eigenvalue weighted by Crippen LogP contribution is 2.28. The topological polar surface area (TPSA) is 95.7 Å². The summed E-state index contributed by atoms with van der Waals surface area (Å²) in [5.74, 6) is -0.746. The molecule has 0 aromatic heterocycles. The van der Waals surface area contributed by atoms with Crippen molar-refractivity contribution in [1.29, 1.82) is 0 Å². The second kappa shape index (κ2) is 7.22. The second-order valence-corrected chi connectivity index (χ2v) is 3.87. The van der Waals surface area contributed by atoms with E-state index in [4.69, 9.17) is 9.47 Å². The van der Waals surface area contributed by atoms with Crippen LogP contribution in [0, 0.1) is 10.1 Å². The number of benzene rings is 1. The number of carbonyl (C=O) groups excluding carboxylic acids is 2. The van der Waals surface area contributed by atoms with E-state index in [-0.39, 0.29) is 42.2 Å². The van der Waals surface area contributed by atoms with Crippen molar-refractivity contribution >= 4 is 17.4 Å². The molecule has 7 nitrogen and oxygen atoms in total. The van der Waals surface area contributed by atoms with E-state index in [1.165, 1.54) is 19.2 Å². The highest BCUT2D eigenvalue weighted by molar-refractivity contribution is 5.98. The lowest BCUT2D eigenvalue weighted by Crippen LogP contribution is -2.08. The Kier molecular flexibility index (Phi) is 5.64. The van der Waals surface area contributed by atoms with E-state index in [9.17, 15) is 19.7 Å². The normalized spacial score (nSPS) is 9.90. The van der Waals surface area contributed by atoms with Crippen LogP contribution < -0.4 is 4.74 Å². The van der Waals surface area contributed by atoms with Gasteiger partial charge >= 0.3 is 11.7 Å². The number of ketones is 1. The molecule has 0 aliphatic carbocycles. The Labute approximate surface area is 115 Å². The molecule has 0 fully saturated rings. The number of esters is 1. The fraction of sp³-hybridized carbons (Fsp3) is 0.385. The zero-order valence-corrected chi connectivity index (χ0v) is 11.3. The molecule has 0 N–H and O–H groups in total. The van der Waals surface area contributed by atoms with Gasteiger partial charge in [0.25, 0.3) is 0 Å². The third-order valence-corrected chi connectivity index (χ3v) is 2.56. The molecule has 0 saturated heterocycles. The zero-order chi connectivity index (χ0) is 15.1. The third kappa shape index (κ3) is 4.04. The lowest BCUT2D eigenvalue weighted by Gasteiger charge is -2.04. The summed E-state index contributed by atoms with van der Waals surface area (Å²) in [6.07, 6.45) is -0.102. The predicted molar refractivity (Wildman–Crippen MR) is 69.8 cm³/mol. The number of nitrogens with zero attached hydrogens (tertiary/aromatic N) is 1. The number of hydrogen-bond acceptors (Lipinski definition) is 6. The van der Waals surface area contributed by atoms with Crippen molar-refractivity contribution in [3.8, 4) is 5.75 Å². The monoisotopic (exact) mass is 281 g/mol. The summed E-state index contributed by atoms with van der Waals surface area (Å²) < 4.78 is 9.55. The summed E-state index contributed by atoms with van der Waals surface area (Å²) in [4.78, 5) is 33.2. The predicted octanol–water partition coefficient (Wildman–Crippen LogP) is 2.13. The minimum Gasteiger partial charge on any atom is -0.490 e. The van der Waals surface area contributed by atoms with Crippen LogP contribution in [0.3, 0.4) is 0 Å². The number of rotatable bonds is 7. The average Bonchev–Trinajstić information content (AvgIpc) is 2.44. The molecule has 0 aliphatic rings. The van der Waals surface area contributed by atoms with Gasteiger partial charge in [0.15, 0.2) is 11.5 Å². The number of Topliss-reactive ketones (excluding diaryl/α,β-unsaturated/α-hetero) is 1. The van der Waals surface area contributed by atoms with E-state index in [0.717, 1.165) is 6.07 Å². The van der Waals surface area contributed by atoms with E-state index < -0.39 is 10.9 Å². The van der Waals surface area contributed by atoms with Crippen molar-refractivity contribution in [2.75, 3.05) is 13.7 Å². The number of carbonyl (C=O) groups is 2. The first-order valence-electron chi connectivity index (χ1n) is 6.00. The number of ether oxygens (including phenoxy) is 2. The molecule has 0 bridgehead atoms. The minimum atomic E-state index is -0.624. The molecule has 0 atom stereocenters. The first kappa shape index (κ1) is 15.6. The molecule has 0 saturated carbocycles. The lowest BCUT2D eigenvalue weighted by molar-refractivity contribution is -0.385. The lowest BCUT2D eigenvalue weighted by atomic mass is 10.1. The fourth-order valence-electron chi connectivity index (χ4n) is 1.60. The summed E-state index contributed by atoms with van der Waals surface area (Å²) in [6.45, 7) is 1.92. The van der Waals surface area contributed by atoms with E-state index >= 15 is 0 Å². The Balaban J connectivity index is 2.81. The van der Waals surface area contributed by atoms with Gasteiger partial charge in [-0.1, -0.05) is 0 Å². The minimum absolute atomic E-state index is 0.0491. The quantitative estimate of drug-likeness (QED) is 0.329. The van der Waals surface area contributed by atoms with Crippen molar-refractivity contribution in [2.24, 2.45) is 0 Å². The van der Waals surface area contributed by atoms with Crippen LogP contribution in [-0.4, -0.2) is 30.4 Å². The van der Waals surface area contributed by atoms with Crippen molar-refractivity contribution in [3.05, 3.63) is 33.9 Å². The second-order valence-electron chi connectivity index (χ2n) is 3.87. The van der Waals surface area contributed by atoms with Crippen LogP contribution in [0.1, 0.15) is 30.1 Å². The molecule has 1 rings (SSSR count). The van der Waals surface area contributed by atoms with Gasteiger partial charge in [-0.15, -0.1) is 0 Å². The maximum absolute atomic E-state index is 11.9. The maximum atomic E-state index is 11.9. The maximum Gasteiger partial charge on any atom is 0.311 e. The zero-order valence-electron chi connectivity index (χ0n) is 11.3. The first-order valence-corrected chi connectivity index (χ1v) is 6.00. The standard InChI is InChI=1S/C13H15NO6/c1-3-20-13(16)7-5-11(15)9-4-6-12(19-2)10(8-9)14(17)18/h4,6,8H,3,5,7H2,1-2H3. The van der Waals surface area contributed by atoms with Crippen LogP contribution in [0.4, 0.5) is 5.69 Å². The van der Waals surface area contributed by atoms with Gasteiger partial charge in [-0.3, -0.25) is 19.7 Å². The van der Waals surface area contributed by atoms with E-state index in [0.29, 0.717) is 0 Å². The summed E-state index contributed by atoms with van der Waals surface area (Å²) in [6, 6.07) is 3.93. The number of nitro benzene ring substituents is 1. The Morgan fingerprint density at radius 1 is 1.30 bits per heavy atom. The van der Waals surface area contributed by atoms with E-state index in [2.05, 4.69) is 0 Å². The molecule has 1 aromatic rings. The Morgan fingerprint density at radius 3 is 2.55 bits per heavy atom. The van der Waals surface area contributed by atoms with E-state index in [1.54, 1.807) is 6.92 Å². The van der Waals surface area contributed by atoms with Gasteiger partial charge in [-0.25, -0.2) is 0 Å². The first-order chi connectivity index (χ1) is 9.49. The van der Waals surface area contributed by atoms with Gasteiger partial charge in [-0.2, -0.15) is 0 Å². The molecule has 108 valence electrons. The van der Waals surface area contributed by atoms with E-state index in [1.807, 2.05) is 0 Å². The molecule has 7 heteroatoms. The van der Waals surface area contributed by atoms with Crippen molar-refractivity contribution in [2.45, 2.75) is 19.8 Å². The molecular formula is C13H15NO6. The van der Waals surface area contributed by atoms with Crippen LogP contribution in [0.25, 0.3) is 0 Å². The molecular weight excluding hydrogens is 266 g/mol. The van der Waals surface area contributed by atoms with Crippen molar-refractivity contribution < 1.29 is 24.0 Å². The van der Waals surface area contributed by atoms with Crippen LogP contribution in [0.15, 0.2) is 18.2 Å². The van der Waals surface area contributed by atoms with Gasteiger partial charge in [0.1, 0.15) is 0 Å². The molecule has 20 heavy (non-hydrogen) atoms. The Hall–Kier alpha value is -2.44. The molecule has 0 amide bonds. The van der Waals surface area contributed by atoms with Gasteiger partial charge in [-0.05, 0) is 19.1 Å². The summed E-state index contributed by atoms with van der Waals surface area (Å²) >= 11 is 0. The van der Waals surface area contributed by atoms with Crippen LogP contribution in [0.5, 0.6) is 5.75 Å². The van der Waals surface area contributed by atoms with Crippen LogP contribution in [-0.2, 0) is 9.53 Å². The van der Waals surface area contributed by atoms with Crippen molar-refractivity contribution in [1.82, 2.24) is 0 Å². The summed E-state index contributed by atoms with van der Waals surface area (Å²) in [5.41, 5.74) is -0.115. The number of nitro groups is 1. The average molecular weight is 281 g/mol. The highest BCUT2D eigenvalue weighted by atomic mass is 16.6. The van der Waals surface area contributed by atoms with Gasteiger partial charge in [0.05, 0.1) is 25.1 Å². The smallest absolute Gasteiger partial charge is 0.311 e. The molecule has 0 aliphatic heterocycles. The Morgan fingerprint density at radius 2 is 2.00 bits per heavy atom. The molecule has 0 spiro atoms. The number of methoxy groups -OCH3 is 1. The summed E-state index contributed by atoms with van der Waals surface area (Å²) in [5, 5.41) is 10.8. The van der Waals surface area contributed by atoms with Gasteiger partial charge < -0.3 is 9.47 Å². The fourth-order valence-corrected chi connectivity index (χ4v) is 1.60. The molecule has 0 radical (unpaired) electrons. The SMILES string of the molecule is CCOC(=O)CCC(=O)c1ccc(OC)c([N+](=O)[O-])c1. The van der Waals surface area contributed by atoms with Crippen LogP contribution >= 0.6 is 0 Å². The molecule has 0 heterocycles. The van der Waals surface area contributed by atoms with Gasteiger partial charge in [0, 0.05) is 18.1 Å². The third-order valence-electron chi connectivity index (χ3n) is 2.56. The highest BCUT2D eigenvalue weighted by Gasteiger charge is 2.18.